The zero-order chi connectivity index (χ0) is 26.7. The van der Waals surface area contributed by atoms with Crippen molar-refractivity contribution in [3.8, 4) is 11.1 Å². The lowest BCUT2D eigenvalue weighted by molar-refractivity contribution is -0.110. The summed E-state index contributed by atoms with van der Waals surface area (Å²) in [6.45, 7) is 3.40. The number of hydrogen-bond donors (Lipinski definition) is 3. The SMILES string of the molecule is N=C(C(=O)Nc1ccc(CN2CCCC2)nc1)c1cc(-c2cncc(CN3CCC(F)(F)C3)c2)ccc1N. The first-order chi connectivity index (χ1) is 18.3. The number of nitrogens with two attached hydrogens (primary N) is 1. The molecule has 2 aromatic heterocycles. The van der Waals surface area contributed by atoms with E-state index in [0.29, 0.717) is 30.0 Å². The number of nitrogens with zero attached hydrogens (tertiary/aromatic N) is 4. The van der Waals surface area contributed by atoms with E-state index in [2.05, 4.69) is 20.2 Å². The van der Waals surface area contributed by atoms with Gasteiger partial charge in [0.2, 0.25) is 0 Å². The van der Waals surface area contributed by atoms with Gasteiger partial charge in [0.25, 0.3) is 11.8 Å². The molecule has 0 bridgehead atoms. The van der Waals surface area contributed by atoms with Crippen LogP contribution in [0.1, 0.15) is 36.1 Å². The first-order valence-electron chi connectivity index (χ1n) is 12.8. The lowest BCUT2D eigenvalue weighted by atomic mass is 9.99. The number of rotatable bonds is 8. The summed E-state index contributed by atoms with van der Waals surface area (Å²) in [7, 11) is 0. The minimum atomic E-state index is -2.65. The topological polar surface area (TPSA) is 111 Å². The Kier molecular flexibility index (Phi) is 7.44. The van der Waals surface area contributed by atoms with Gasteiger partial charge in [-0.25, -0.2) is 8.78 Å². The van der Waals surface area contributed by atoms with E-state index in [4.69, 9.17) is 11.1 Å². The fraction of sp³-hybridized carbons (Fsp3) is 0.357. The molecule has 5 rings (SSSR count). The molecule has 0 radical (unpaired) electrons. The normalized spacial score (nSPS) is 17.5. The quantitative estimate of drug-likeness (QED) is 0.304. The minimum Gasteiger partial charge on any atom is -0.398 e. The Bertz CT molecular complexity index is 1320. The number of nitrogens with one attached hydrogen (secondary N) is 2. The van der Waals surface area contributed by atoms with Gasteiger partial charge in [0.15, 0.2) is 0 Å². The van der Waals surface area contributed by atoms with Crippen molar-refractivity contribution in [1.29, 1.82) is 5.41 Å². The van der Waals surface area contributed by atoms with Crippen LogP contribution in [0.2, 0.25) is 0 Å². The fourth-order valence-corrected chi connectivity index (χ4v) is 4.96. The number of carbonyl (C=O) groups excluding carboxylic acids is 1. The van der Waals surface area contributed by atoms with E-state index in [1.165, 1.54) is 12.8 Å². The number of aromatic nitrogens is 2. The maximum absolute atomic E-state index is 13.6. The summed E-state index contributed by atoms with van der Waals surface area (Å²) in [6, 6.07) is 10.7. The lowest BCUT2D eigenvalue weighted by Gasteiger charge is -2.16. The van der Waals surface area contributed by atoms with Gasteiger partial charge in [0.05, 0.1) is 24.1 Å². The van der Waals surface area contributed by atoms with Crippen LogP contribution in [0.25, 0.3) is 11.1 Å². The van der Waals surface area contributed by atoms with E-state index < -0.39 is 11.8 Å². The van der Waals surface area contributed by atoms with Crippen LogP contribution < -0.4 is 11.1 Å². The number of nitrogen functional groups attached to an aromatic ring is 1. The molecule has 2 aliphatic rings. The molecule has 10 heteroatoms. The van der Waals surface area contributed by atoms with Crippen molar-refractivity contribution < 1.29 is 13.6 Å². The van der Waals surface area contributed by atoms with Gasteiger partial charge >= 0.3 is 0 Å². The summed E-state index contributed by atoms with van der Waals surface area (Å²) in [5.74, 6) is -3.24. The largest absolute Gasteiger partial charge is 0.398 e. The van der Waals surface area contributed by atoms with Crippen molar-refractivity contribution in [2.24, 2.45) is 0 Å². The molecule has 1 amide bonds. The molecule has 2 fully saturated rings. The molecule has 1 aromatic carbocycles. The Morgan fingerprint density at radius 1 is 1.00 bits per heavy atom. The molecule has 0 atom stereocenters. The number of carbonyl (C=O) groups is 1. The minimum absolute atomic E-state index is 0.134. The van der Waals surface area contributed by atoms with E-state index in [1.54, 1.807) is 47.8 Å². The third-order valence-electron chi connectivity index (χ3n) is 7.00. The molecule has 2 saturated heterocycles. The van der Waals surface area contributed by atoms with Crippen LogP contribution in [-0.4, -0.2) is 63.5 Å². The van der Waals surface area contributed by atoms with Crippen molar-refractivity contribution in [3.05, 3.63) is 71.8 Å². The number of amides is 1. The van der Waals surface area contributed by atoms with Gasteiger partial charge in [0, 0.05) is 55.3 Å². The average molecular weight is 520 g/mol. The predicted molar refractivity (Wildman–Crippen MR) is 143 cm³/mol. The highest BCUT2D eigenvalue weighted by atomic mass is 19.3. The summed E-state index contributed by atoms with van der Waals surface area (Å²) in [5.41, 5.74) is 10.2. The van der Waals surface area contributed by atoms with Gasteiger partial charge in [-0.2, -0.15) is 0 Å². The Morgan fingerprint density at radius 2 is 1.82 bits per heavy atom. The molecule has 0 spiro atoms. The molecule has 198 valence electrons. The molecule has 8 nitrogen and oxygen atoms in total. The van der Waals surface area contributed by atoms with E-state index in [-0.39, 0.29) is 18.7 Å². The van der Waals surface area contributed by atoms with Gasteiger partial charge in [-0.05, 0) is 67.4 Å². The Labute approximate surface area is 220 Å². The lowest BCUT2D eigenvalue weighted by Crippen LogP contribution is -2.25. The fourth-order valence-electron chi connectivity index (χ4n) is 4.96. The highest BCUT2D eigenvalue weighted by Crippen LogP contribution is 2.29. The van der Waals surface area contributed by atoms with Gasteiger partial charge in [-0.3, -0.25) is 30.0 Å². The third-order valence-corrected chi connectivity index (χ3v) is 7.00. The zero-order valence-electron chi connectivity index (χ0n) is 21.1. The van der Waals surface area contributed by atoms with Crippen LogP contribution in [0, 0.1) is 5.41 Å². The second-order valence-corrected chi connectivity index (χ2v) is 10.1. The van der Waals surface area contributed by atoms with E-state index in [0.717, 1.165) is 42.0 Å². The van der Waals surface area contributed by atoms with E-state index in [1.807, 2.05) is 12.1 Å². The average Bonchev–Trinajstić information content (AvgIpc) is 3.54. The number of alkyl halides is 2. The van der Waals surface area contributed by atoms with Crippen molar-refractivity contribution >= 4 is 23.0 Å². The maximum atomic E-state index is 13.6. The number of hydrogen-bond acceptors (Lipinski definition) is 7. The van der Waals surface area contributed by atoms with Gasteiger partial charge < -0.3 is 11.1 Å². The van der Waals surface area contributed by atoms with Crippen LogP contribution in [0.15, 0.2) is 55.0 Å². The molecule has 4 heterocycles. The van der Waals surface area contributed by atoms with Crippen LogP contribution in [0.3, 0.4) is 0 Å². The molecule has 2 aliphatic heterocycles. The summed E-state index contributed by atoms with van der Waals surface area (Å²) >= 11 is 0. The van der Waals surface area contributed by atoms with Crippen molar-refractivity contribution in [3.63, 3.8) is 0 Å². The van der Waals surface area contributed by atoms with Crippen molar-refractivity contribution in [2.45, 2.75) is 38.3 Å². The highest BCUT2D eigenvalue weighted by molar-refractivity contribution is 6.48. The Hall–Kier alpha value is -3.76. The smallest absolute Gasteiger partial charge is 0.274 e. The van der Waals surface area contributed by atoms with Crippen LogP contribution in [0.5, 0.6) is 0 Å². The van der Waals surface area contributed by atoms with Gasteiger partial charge in [0.1, 0.15) is 5.71 Å². The number of pyridine rings is 2. The molecule has 4 N–H and O–H groups in total. The summed E-state index contributed by atoms with van der Waals surface area (Å²) in [6.07, 6.45) is 7.22. The maximum Gasteiger partial charge on any atom is 0.274 e. The number of likely N-dealkylation sites (tertiary alicyclic amines) is 2. The first kappa shape index (κ1) is 25.9. The standard InChI is InChI=1S/C28H31F2N7O/c29-28(30)7-10-37(18-28)16-19-11-21(14-33-13-19)20-3-6-25(31)24(12-20)26(32)27(38)35-22-4-5-23(34-15-22)17-36-8-1-2-9-36/h3-6,11-15,32H,1-2,7-10,16-18,31H2,(H,35,38). The van der Waals surface area contributed by atoms with Gasteiger partial charge in [-0.15, -0.1) is 0 Å². The molecule has 0 aliphatic carbocycles. The predicted octanol–water partition coefficient (Wildman–Crippen LogP) is 4.17. The van der Waals surface area contributed by atoms with Gasteiger partial charge in [-0.1, -0.05) is 6.07 Å². The Morgan fingerprint density at radius 3 is 2.53 bits per heavy atom. The third kappa shape index (κ3) is 6.20. The molecule has 0 saturated carbocycles. The molecule has 3 aromatic rings. The monoisotopic (exact) mass is 519 g/mol. The van der Waals surface area contributed by atoms with E-state index in [9.17, 15) is 13.6 Å². The molecular weight excluding hydrogens is 488 g/mol. The number of benzene rings is 1. The second kappa shape index (κ2) is 10.9. The van der Waals surface area contributed by atoms with Crippen LogP contribution >= 0.6 is 0 Å². The molecule has 38 heavy (non-hydrogen) atoms. The van der Waals surface area contributed by atoms with Crippen molar-refractivity contribution in [2.75, 3.05) is 37.2 Å². The summed E-state index contributed by atoms with van der Waals surface area (Å²) < 4.78 is 27.1. The zero-order valence-corrected chi connectivity index (χ0v) is 21.1. The van der Waals surface area contributed by atoms with Crippen molar-refractivity contribution in [1.82, 2.24) is 19.8 Å². The second-order valence-electron chi connectivity index (χ2n) is 10.1. The van der Waals surface area contributed by atoms with Crippen LogP contribution in [0.4, 0.5) is 20.2 Å². The highest BCUT2D eigenvalue weighted by Gasteiger charge is 2.37. The van der Waals surface area contributed by atoms with Crippen LogP contribution in [-0.2, 0) is 17.9 Å². The summed E-state index contributed by atoms with van der Waals surface area (Å²) in [4.78, 5) is 25.7. The number of halogens is 2. The Balaban J connectivity index is 1.26. The first-order valence-corrected chi connectivity index (χ1v) is 12.8. The summed E-state index contributed by atoms with van der Waals surface area (Å²) in [5, 5.41) is 11.2. The number of anilines is 2. The molecule has 0 unspecified atom stereocenters. The van der Waals surface area contributed by atoms with E-state index >= 15 is 0 Å². The molecular formula is C28H31F2N7O.